The van der Waals surface area contributed by atoms with Gasteiger partial charge in [-0.1, -0.05) is 34.6 Å². The number of nitrogens with zero attached hydrogens (tertiary/aromatic N) is 6. The molecule has 0 atom stereocenters. The molecule has 60 heavy (non-hydrogen) atoms. The maximum absolute atomic E-state index is 14.8. The highest BCUT2D eigenvalue weighted by atomic mass is 32.1. The van der Waals surface area contributed by atoms with E-state index in [9.17, 15) is 18.4 Å². The Bertz CT molecular complexity index is 2340. The summed E-state index contributed by atoms with van der Waals surface area (Å²) < 4.78 is 28.6. The lowest BCUT2D eigenvalue weighted by Gasteiger charge is -2.43. The molecule has 2 amide bonds. The van der Waals surface area contributed by atoms with Crippen LogP contribution in [0.25, 0.3) is 15.4 Å². The van der Waals surface area contributed by atoms with Crippen LogP contribution in [-0.2, 0) is 4.79 Å². The molecule has 7 rings (SSSR count). The number of halogens is 2. The van der Waals surface area contributed by atoms with Gasteiger partial charge >= 0.3 is 0 Å². The van der Waals surface area contributed by atoms with Gasteiger partial charge in [0.2, 0.25) is 0 Å². The molecule has 1 aliphatic heterocycles. The number of thiocarbonyl (C=S) groups is 1. The molecule has 2 aliphatic carbocycles. The quantitative estimate of drug-likeness (QED) is 0.0662. The number of hydrogen-bond acceptors (Lipinski definition) is 9. The fourth-order valence-electron chi connectivity index (χ4n) is 6.88. The van der Waals surface area contributed by atoms with Crippen molar-refractivity contribution in [1.82, 2.24) is 25.9 Å². The molecule has 316 valence electrons. The molecule has 2 saturated carbocycles. The molecule has 13 nitrogen and oxygen atoms in total. The summed E-state index contributed by atoms with van der Waals surface area (Å²) >= 11 is 5.70. The summed E-state index contributed by atoms with van der Waals surface area (Å²) in [5, 5.41) is 12.0. The van der Waals surface area contributed by atoms with E-state index >= 15 is 0 Å². The highest BCUT2D eigenvalue weighted by molar-refractivity contribution is 7.81. The molecule has 1 saturated heterocycles. The van der Waals surface area contributed by atoms with Crippen LogP contribution in [0.5, 0.6) is 0 Å². The van der Waals surface area contributed by atoms with Crippen molar-refractivity contribution in [3.05, 3.63) is 124 Å². The SMILES string of the molecule is C.C.CNC(=O)c1ccc(NC2(NC)CCC2)cc1F.[C-]#[N+]c1ncc(N)cc1C.[C-]#[N+]c1ncc(N2C(=O)C3(CCC3)N(c3ccc(C(=C)NC)c(F)c3)C2=S)cc1C. The zero-order valence-corrected chi connectivity index (χ0v) is 33.8. The van der Waals surface area contributed by atoms with E-state index in [0.717, 1.165) is 31.2 Å². The number of carbonyl (C=O) groups is 2. The van der Waals surface area contributed by atoms with Gasteiger partial charge in [-0.3, -0.25) is 19.8 Å². The summed E-state index contributed by atoms with van der Waals surface area (Å²) in [6, 6.07) is 12.9. The molecule has 4 aromatic rings. The summed E-state index contributed by atoms with van der Waals surface area (Å²) in [7, 11) is 5.06. The van der Waals surface area contributed by atoms with Crippen LogP contribution in [0, 0.1) is 38.6 Å². The number of nitrogens with two attached hydrogens (primary N) is 1. The van der Waals surface area contributed by atoms with Crippen LogP contribution in [0.2, 0.25) is 0 Å². The van der Waals surface area contributed by atoms with Gasteiger partial charge in [0, 0.05) is 36.7 Å². The molecular weight excluding hydrogens is 785 g/mol. The molecule has 2 aromatic heterocycles. The van der Waals surface area contributed by atoms with E-state index in [-0.39, 0.29) is 42.9 Å². The Morgan fingerprint density at radius 1 is 0.850 bits per heavy atom. The number of benzene rings is 2. The Balaban J connectivity index is 0.000000272. The van der Waals surface area contributed by atoms with E-state index in [2.05, 4.69) is 47.5 Å². The fourth-order valence-corrected chi connectivity index (χ4v) is 7.35. The minimum atomic E-state index is -0.808. The van der Waals surface area contributed by atoms with Crippen molar-refractivity contribution in [3.8, 4) is 0 Å². The van der Waals surface area contributed by atoms with E-state index in [1.165, 1.54) is 42.5 Å². The predicted octanol–water partition coefficient (Wildman–Crippen LogP) is 8.82. The van der Waals surface area contributed by atoms with E-state index < -0.39 is 23.1 Å². The lowest BCUT2D eigenvalue weighted by Crippen LogP contribution is -2.55. The number of hydrogen-bond donors (Lipinski definition) is 5. The van der Waals surface area contributed by atoms with Crippen LogP contribution in [-0.4, -0.2) is 59.2 Å². The van der Waals surface area contributed by atoms with Gasteiger partial charge in [0.05, 0.1) is 22.6 Å². The standard InChI is InChI=1S/C22H20FN5OS.C13H18FN3O.C7H7N3.2CH4/c1-13-10-16(12-26-19(13)25-4)27-20(29)22(8-5-9-22)28(21(27)30)15-6-7-17(14(2)24-3)18(23)11-15;1-15-12(18)10-5-4-9(8-11(10)14)17-13(16-2)6-3-7-13;1-5-3-6(8)4-10-7(5)9-2;;/h6-7,10-12,24H,2,5,8-9H2,1,3H3;4-5,8,16-17H,3,6-7H2,1-2H3,(H,15,18);3-4H,8H2,1H3;2*1H4. The average Bonchev–Trinajstić information content (AvgIpc) is 3.42. The van der Waals surface area contributed by atoms with Gasteiger partial charge in [-0.05, 0) is 131 Å². The molecule has 16 heteroatoms. The first-order valence-corrected chi connectivity index (χ1v) is 18.9. The van der Waals surface area contributed by atoms with Crippen LogP contribution in [0.3, 0.4) is 0 Å². The Morgan fingerprint density at radius 2 is 1.43 bits per heavy atom. The third kappa shape index (κ3) is 9.52. The van der Waals surface area contributed by atoms with Crippen LogP contribution in [0.4, 0.5) is 43.2 Å². The monoisotopic (exact) mass is 837 g/mol. The van der Waals surface area contributed by atoms with Crippen molar-refractivity contribution < 1.29 is 18.4 Å². The maximum Gasteiger partial charge on any atom is 0.272 e. The van der Waals surface area contributed by atoms with Crippen molar-refractivity contribution in [3.63, 3.8) is 0 Å². The summed E-state index contributed by atoms with van der Waals surface area (Å²) in [6.07, 6.45) is 8.34. The van der Waals surface area contributed by atoms with Gasteiger partial charge in [0.15, 0.2) is 5.11 Å². The summed E-state index contributed by atoms with van der Waals surface area (Å²) in [5.74, 6) is -0.785. The largest absolute Gasteiger partial charge is 0.396 e. The van der Waals surface area contributed by atoms with Crippen molar-refractivity contribution >= 4 is 69.2 Å². The normalized spacial score (nSPS) is 15.1. The number of carbonyl (C=O) groups excluding carboxylic acids is 2. The lowest BCUT2D eigenvalue weighted by atomic mass is 9.75. The van der Waals surface area contributed by atoms with Gasteiger partial charge in [-0.2, -0.15) is 0 Å². The van der Waals surface area contributed by atoms with E-state index in [0.29, 0.717) is 58.2 Å². The minimum absolute atomic E-state index is 0. The number of nitrogens with one attached hydrogen (secondary N) is 4. The van der Waals surface area contributed by atoms with Crippen LogP contribution in [0.15, 0.2) is 67.5 Å². The second-order valence-electron chi connectivity index (χ2n) is 14.1. The zero-order valence-electron chi connectivity index (χ0n) is 33.0. The second-order valence-corrected chi connectivity index (χ2v) is 14.5. The molecule has 3 aliphatic rings. The summed E-state index contributed by atoms with van der Waals surface area (Å²) in [5.41, 5.74) is 9.22. The molecular formula is C44H53F2N11O2S. The van der Waals surface area contributed by atoms with Crippen molar-refractivity contribution in [2.75, 3.05) is 42.0 Å². The van der Waals surface area contributed by atoms with Gasteiger partial charge in [-0.25, -0.2) is 8.78 Å². The molecule has 2 aromatic carbocycles. The molecule has 6 N–H and O–H groups in total. The minimum Gasteiger partial charge on any atom is -0.396 e. The first kappa shape index (κ1) is 47.9. The fraction of sp³-hybridized carbons (Fsp3) is 0.341. The van der Waals surface area contributed by atoms with Crippen LogP contribution in [0.1, 0.15) is 80.4 Å². The molecule has 0 unspecified atom stereocenters. The van der Waals surface area contributed by atoms with Crippen LogP contribution >= 0.6 is 12.2 Å². The number of aryl methyl sites for hydroxylation is 2. The van der Waals surface area contributed by atoms with E-state index in [1.807, 2.05) is 14.0 Å². The molecule has 1 spiro atoms. The Labute approximate surface area is 357 Å². The molecule has 3 fully saturated rings. The van der Waals surface area contributed by atoms with Gasteiger partial charge in [-0.15, -0.1) is 9.97 Å². The third-order valence-electron chi connectivity index (χ3n) is 10.5. The number of anilines is 4. The van der Waals surface area contributed by atoms with Gasteiger partial charge < -0.3 is 36.3 Å². The first-order valence-electron chi connectivity index (χ1n) is 18.5. The zero-order chi connectivity index (χ0) is 42.4. The topological polar surface area (TPSA) is 149 Å². The Kier molecular flexibility index (Phi) is 15.9. The third-order valence-corrected chi connectivity index (χ3v) is 10.9. The lowest BCUT2D eigenvalue weighted by molar-refractivity contribution is -0.123. The van der Waals surface area contributed by atoms with Crippen molar-refractivity contribution in [2.45, 2.75) is 78.4 Å². The van der Waals surface area contributed by atoms with E-state index in [4.69, 9.17) is 31.1 Å². The number of amides is 2. The molecule has 3 heterocycles. The average molecular weight is 838 g/mol. The van der Waals surface area contributed by atoms with Crippen LogP contribution < -0.4 is 36.8 Å². The number of nitrogen functional groups attached to an aromatic ring is 1. The van der Waals surface area contributed by atoms with Gasteiger partial charge in [0.25, 0.3) is 23.5 Å². The number of pyridine rings is 2. The second kappa shape index (κ2) is 20.0. The Morgan fingerprint density at radius 3 is 1.90 bits per heavy atom. The first-order chi connectivity index (χ1) is 27.7. The van der Waals surface area contributed by atoms with Crippen molar-refractivity contribution in [1.29, 1.82) is 0 Å². The molecule has 0 radical (unpaired) electrons. The highest BCUT2D eigenvalue weighted by Crippen LogP contribution is 2.48. The van der Waals surface area contributed by atoms with E-state index in [1.54, 1.807) is 49.2 Å². The molecule has 0 bridgehead atoms. The summed E-state index contributed by atoms with van der Waals surface area (Å²) in [4.78, 5) is 42.6. The smallest absolute Gasteiger partial charge is 0.272 e. The van der Waals surface area contributed by atoms with Crippen molar-refractivity contribution in [2.24, 2.45) is 0 Å². The summed E-state index contributed by atoms with van der Waals surface area (Å²) in [6.45, 7) is 21.2. The number of aromatic nitrogens is 2. The number of rotatable bonds is 8. The highest BCUT2D eigenvalue weighted by Gasteiger charge is 2.59. The maximum atomic E-state index is 14.8. The van der Waals surface area contributed by atoms with Gasteiger partial charge in [0.1, 0.15) is 29.6 Å². The Hall–Kier alpha value is -6.49. The predicted molar refractivity (Wildman–Crippen MR) is 241 cm³/mol.